The second kappa shape index (κ2) is 8.22. The number of anilines is 2. The molecule has 0 aliphatic carbocycles. The van der Waals surface area contributed by atoms with E-state index < -0.39 is 4.99 Å². The summed E-state index contributed by atoms with van der Waals surface area (Å²) < 4.78 is 0.980. The van der Waals surface area contributed by atoms with Crippen molar-refractivity contribution >= 4 is 55.6 Å². The van der Waals surface area contributed by atoms with Crippen molar-refractivity contribution in [3.8, 4) is 0 Å². The number of benzene rings is 3. The lowest BCUT2D eigenvalue weighted by Crippen LogP contribution is -2.53. The number of rotatable bonds is 4. The van der Waals surface area contributed by atoms with Crippen LogP contribution in [0.1, 0.15) is 31.4 Å². The van der Waals surface area contributed by atoms with Crippen LogP contribution >= 0.6 is 27.7 Å². The normalized spacial score (nSPS) is 19.6. The van der Waals surface area contributed by atoms with E-state index in [9.17, 15) is 4.79 Å². The van der Waals surface area contributed by atoms with E-state index in [1.165, 1.54) is 11.8 Å². The van der Waals surface area contributed by atoms with Crippen LogP contribution in [0.5, 0.6) is 0 Å². The molecule has 3 aromatic rings. The van der Waals surface area contributed by atoms with Gasteiger partial charge >= 0.3 is 0 Å². The zero-order valence-electron chi connectivity index (χ0n) is 17.7. The molecule has 0 saturated carbocycles. The molecule has 7 heteroatoms. The average molecular weight is 505 g/mol. The summed E-state index contributed by atoms with van der Waals surface area (Å²) in [7, 11) is 0. The fraction of sp³-hybridized carbons (Fsp3) is 0.160. The number of thioether (sulfide) groups is 1. The molecule has 0 aromatic heterocycles. The number of carbonyl (C=O) groups is 1. The zero-order chi connectivity index (χ0) is 22.3. The summed E-state index contributed by atoms with van der Waals surface area (Å²) in [5.74, 6) is -0.0650. The molecule has 0 unspecified atom stereocenters. The summed E-state index contributed by atoms with van der Waals surface area (Å²) in [6, 6.07) is 26.3. The largest absolute Gasteiger partial charge is 0.292 e. The smallest absolute Gasteiger partial charge is 0.234 e. The Kier molecular flexibility index (Phi) is 5.39. The third-order valence-electron chi connectivity index (χ3n) is 5.52. The maximum Gasteiger partial charge on any atom is 0.234 e. The summed E-state index contributed by atoms with van der Waals surface area (Å²) in [4.78, 5) is 11.7. The van der Waals surface area contributed by atoms with Gasteiger partial charge in [-0.1, -0.05) is 65.3 Å². The molecule has 2 aliphatic rings. The van der Waals surface area contributed by atoms with Gasteiger partial charge in [0.25, 0.3) is 0 Å². The predicted octanol–water partition coefficient (Wildman–Crippen LogP) is 6.35. The van der Waals surface area contributed by atoms with Crippen molar-refractivity contribution in [3.63, 3.8) is 0 Å². The number of hydrogen-bond donors (Lipinski definition) is 0. The van der Waals surface area contributed by atoms with E-state index in [0.29, 0.717) is 5.04 Å². The highest BCUT2D eigenvalue weighted by molar-refractivity contribution is 9.10. The molecule has 0 amide bonds. The van der Waals surface area contributed by atoms with Crippen molar-refractivity contribution in [2.75, 3.05) is 10.0 Å². The first-order chi connectivity index (χ1) is 15.5. The highest BCUT2D eigenvalue weighted by atomic mass is 79.9. The first kappa shape index (κ1) is 21.0. The molecule has 3 aromatic carbocycles. The van der Waals surface area contributed by atoms with Crippen LogP contribution in [0.25, 0.3) is 0 Å². The van der Waals surface area contributed by atoms with Gasteiger partial charge in [-0.15, -0.1) is 0 Å². The molecular weight excluding hydrogens is 484 g/mol. The molecule has 0 radical (unpaired) electrons. The van der Waals surface area contributed by atoms with Crippen molar-refractivity contribution in [2.24, 2.45) is 10.2 Å². The molecule has 0 fully saturated rings. The fourth-order valence-electron chi connectivity index (χ4n) is 4.05. The first-order valence-corrected chi connectivity index (χ1v) is 12.0. The first-order valence-electron chi connectivity index (χ1n) is 10.4. The van der Waals surface area contributed by atoms with Gasteiger partial charge in [0, 0.05) is 22.5 Å². The Morgan fingerprint density at radius 3 is 2.22 bits per heavy atom. The van der Waals surface area contributed by atoms with Crippen LogP contribution in [0.3, 0.4) is 0 Å². The fourth-order valence-corrected chi connectivity index (χ4v) is 5.61. The predicted molar refractivity (Wildman–Crippen MR) is 136 cm³/mol. The number of ketones is 1. The third kappa shape index (κ3) is 3.27. The minimum absolute atomic E-state index is 0.0650. The van der Waals surface area contributed by atoms with Crippen molar-refractivity contribution < 1.29 is 4.79 Å². The minimum Gasteiger partial charge on any atom is -0.292 e. The van der Waals surface area contributed by atoms with E-state index in [-0.39, 0.29) is 5.78 Å². The number of fused-ring (bicyclic) bond motifs is 2. The Hall–Kier alpha value is -2.90. The average Bonchev–Trinajstić information content (AvgIpc) is 3.22. The maximum absolute atomic E-state index is 12.5. The Morgan fingerprint density at radius 2 is 1.53 bits per heavy atom. The lowest BCUT2D eigenvalue weighted by atomic mass is 9.96. The molecule has 1 spiro atoms. The van der Waals surface area contributed by atoms with Crippen molar-refractivity contribution in [3.05, 3.63) is 94.5 Å². The topological polar surface area (TPSA) is 48.3 Å². The van der Waals surface area contributed by atoms with Crippen LogP contribution in [-0.2, 0) is 9.79 Å². The number of hydrogen-bond acceptors (Lipinski definition) is 6. The Labute approximate surface area is 199 Å². The molecule has 0 bridgehead atoms. The van der Waals surface area contributed by atoms with Gasteiger partial charge in [0.15, 0.2) is 10.8 Å². The van der Waals surface area contributed by atoms with Gasteiger partial charge in [0.1, 0.15) is 0 Å². The number of halogens is 1. The van der Waals surface area contributed by atoms with Gasteiger partial charge in [-0.05, 0) is 54.6 Å². The second-order valence-corrected chi connectivity index (χ2v) is 9.63. The van der Waals surface area contributed by atoms with Crippen LogP contribution in [0.2, 0.25) is 0 Å². The zero-order valence-corrected chi connectivity index (χ0v) is 20.1. The highest BCUT2D eigenvalue weighted by Crippen LogP contribution is 2.54. The molecule has 0 N–H and O–H groups in total. The number of carbonyl (C=O) groups excluding carboxylic acids is 1. The van der Waals surface area contributed by atoms with E-state index >= 15 is 0 Å². The van der Waals surface area contributed by atoms with E-state index in [0.717, 1.165) is 39.1 Å². The number of Topliss-reactive ketones (excluding diaryl/α,β-unsaturated/α-hetero) is 1. The van der Waals surface area contributed by atoms with Gasteiger partial charge in [0.2, 0.25) is 4.99 Å². The molecule has 32 heavy (non-hydrogen) atoms. The van der Waals surface area contributed by atoms with Crippen LogP contribution < -0.4 is 10.0 Å². The summed E-state index contributed by atoms with van der Waals surface area (Å²) in [5.41, 5.74) is 4.95. The molecule has 2 heterocycles. The number of hydrazone groups is 2. The number of nitrogens with zero attached hydrogens (tertiary/aromatic N) is 4. The van der Waals surface area contributed by atoms with Gasteiger partial charge < -0.3 is 0 Å². The monoisotopic (exact) mass is 504 g/mol. The Morgan fingerprint density at radius 1 is 0.906 bits per heavy atom. The SMILES string of the molecule is CCC1=NN(c2ccccc2)[C@@]2(SC(C(C)=O)=NN2c2ccc(Br)cc2)c2ccccc21. The van der Waals surface area contributed by atoms with Crippen molar-refractivity contribution in [1.29, 1.82) is 0 Å². The molecule has 5 nitrogen and oxygen atoms in total. The van der Waals surface area contributed by atoms with Crippen molar-refractivity contribution in [2.45, 2.75) is 25.3 Å². The van der Waals surface area contributed by atoms with Gasteiger partial charge in [-0.25, -0.2) is 10.0 Å². The van der Waals surface area contributed by atoms with Crippen LogP contribution in [0.15, 0.2) is 93.5 Å². The molecule has 2 aliphatic heterocycles. The van der Waals surface area contributed by atoms with Crippen LogP contribution in [-0.4, -0.2) is 16.5 Å². The summed E-state index contributed by atoms with van der Waals surface area (Å²) >= 11 is 4.96. The second-order valence-electron chi connectivity index (χ2n) is 7.55. The Bertz CT molecular complexity index is 1240. The minimum atomic E-state index is -0.870. The number of para-hydroxylation sites is 1. The van der Waals surface area contributed by atoms with E-state index in [4.69, 9.17) is 10.2 Å². The van der Waals surface area contributed by atoms with Gasteiger partial charge in [-0.2, -0.15) is 10.2 Å². The molecule has 160 valence electrons. The highest BCUT2D eigenvalue weighted by Gasteiger charge is 2.55. The lowest BCUT2D eigenvalue weighted by Gasteiger charge is -2.47. The van der Waals surface area contributed by atoms with E-state index in [1.807, 2.05) is 76.7 Å². The molecular formula is C25H21BrN4OS. The standard InChI is InChI=1S/C25H21BrN4OS/c1-3-23-21-11-7-8-12-22(21)25(29(27-23)19-9-5-4-6-10-19)30(28-24(32-25)17(2)31)20-15-13-18(26)14-16-20/h4-16H,3H2,1-2H3/t25-/m0/s1. The third-order valence-corrected chi connectivity index (χ3v) is 7.46. The van der Waals surface area contributed by atoms with E-state index in [1.54, 1.807) is 6.92 Å². The van der Waals surface area contributed by atoms with Gasteiger partial charge in [-0.3, -0.25) is 4.79 Å². The van der Waals surface area contributed by atoms with Crippen LogP contribution in [0.4, 0.5) is 11.4 Å². The molecule has 1 atom stereocenters. The van der Waals surface area contributed by atoms with Crippen LogP contribution in [0, 0.1) is 0 Å². The maximum atomic E-state index is 12.5. The molecule has 0 saturated heterocycles. The quantitative estimate of drug-likeness (QED) is 0.415. The van der Waals surface area contributed by atoms with Gasteiger partial charge in [0.05, 0.1) is 17.1 Å². The Balaban J connectivity index is 1.81. The summed E-state index contributed by atoms with van der Waals surface area (Å²) in [6.45, 7) is 3.68. The van der Waals surface area contributed by atoms with Crippen molar-refractivity contribution in [1.82, 2.24) is 0 Å². The lowest BCUT2D eigenvalue weighted by molar-refractivity contribution is -0.110. The molecule has 5 rings (SSSR count). The summed E-state index contributed by atoms with van der Waals surface area (Å²) in [6.07, 6.45) is 0.791. The summed E-state index contributed by atoms with van der Waals surface area (Å²) in [5, 5.41) is 14.4. The van der Waals surface area contributed by atoms with E-state index in [2.05, 4.69) is 35.0 Å².